The zero-order chi connectivity index (χ0) is 13.4. The van der Waals surface area contributed by atoms with E-state index in [1.54, 1.807) is 0 Å². The van der Waals surface area contributed by atoms with Gasteiger partial charge in [0.1, 0.15) is 0 Å². The molecule has 4 heteroatoms. The van der Waals surface area contributed by atoms with Crippen molar-refractivity contribution in [2.75, 3.05) is 13.1 Å². The molecule has 2 aliphatic rings. The third kappa shape index (κ3) is 2.77. The lowest BCUT2D eigenvalue weighted by Crippen LogP contribution is -2.43. The fraction of sp³-hybridized carbons (Fsp3) is 0.533. The van der Waals surface area contributed by atoms with Crippen molar-refractivity contribution in [3.05, 3.63) is 34.9 Å². The van der Waals surface area contributed by atoms with Crippen LogP contribution >= 0.6 is 11.6 Å². The zero-order valence-corrected chi connectivity index (χ0v) is 11.6. The first-order valence-corrected chi connectivity index (χ1v) is 7.33. The second-order valence-electron chi connectivity index (χ2n) is 5.67. The SMILES string of the molecule is NC1CCN(C(=O)C2CC2c2cccc(Cl)c2)CC1. The number of benzene rings is 1. The van der Waals surface area contributed by atoms with E-state index in [1.165, 1.54) is 5.56 Å². The number of carbonyl (C=O) groups is 1. The number of rotatable bonds is 2. The molecule has 1 heterocycles. The van der Waals surface area contributed by atoms with Gasteiger partial charge in [-0.15, -0.1) is 0 Å². The quantitative estimate of drug-likeness (QED) is 0.903. The van der Waals surface area contributed by atoms with Crippen molar-refractivity contribution < 1.29 is 4.79 Å². The van der Waals surface area contributed by atoms with Crippen molar-refractivity contribution in [3.8, 4) is 0 Å². The van der Waals surface area contributed by atoms with Crippen LogP contribution in [0.5, 0.6) is 0 Å². The van der Waals surface area contributed by atoms with Crippen LogP contribution in [0.25, 0.3) is 0 Å². The second kappa shape index (κ2) is 5.14. The highest BCUT2D eigenvalue weighted by Crippen LogP contribution is 2.49. The molecule has 0 aromatic heterocycles. The number of halogens is 1. The fourth-order valence-corrected chi connectivity index (χ4v) is 3.13. The molecule has 1 saturated carbocycles. The summed E-state index contributed by atoms with van der Waals surface area (Å²) in [6.45, 7) is 1.64. The van der Waals surface area contributed by atoms with Crippen LogP contribution in [0.2, 0.25) is 5.02 Å². The van der Waals surface area contributed by atoms with Gasteiger partial charge in [-0.3, -0.25) is 4.79 Å². The molecule has 0 radical (unpaired) electrons. The minimum Gasteiger partial charge on any atom is -0.342 e. The number of nitrogens with zero attached hydrogens (tertiary/aromatic N) is 1. The maximum atomic E-state index is 12.4. The van der Waals surface area contributed by atoms with E-state index in [0.29, 0.717) is 11.8 Å². The molecule has 3 rings (SSSR count). The number of nitrogens with two attached hydrogens (primary N) is 1. The summed E-state index contributed by atoms with van der Waals surface area (Å²) in [5.74, 6) is 0.825. The molecule has 2 fully saturated rings. The smallest absolute Gasteiger partial charge is 0.226 e. The molecule has 2 unspecified atom stereocenters. The van der Waals surface area contributed by atoms with Crippen molar-refractivity contribution >= 4 is 17.5 Å². The molecule has 1 saturated heterocycles. The molecule has 2 N–H and O–H groups in total. The van der Waals surface area contributed by atoms with Gasteiger partial charge < -0.3 is 10.6 Å². The third-order valence-corrected chi connectivity index (χ3v) is 4.47. The van der Waals surface area contributed by atoms with Crippen molar-refractivity contribution in [2.45, 2.75) is 31.2 Å². The van der Waals surface area contributed by atoms with Crippen LogP contribution in [0.4, 0.5) is 0 Å². The normalized spacial score (nSPS) is 27.4. The van der Waals surface area contributed by atoms with Gasteiger partial charge in [-0.1, -0.05) is 23.7 Å². The van der Waals surface area contributed by atoms with Gasteiger partial charge in [0, 0.05) is 30.1 Å². The minimum absolute atomic E-state index is 0.160. The highest BCUT2D eigenvalue weighted by Gasteiger charge is 2.46. The van der Waals surface area contributed by atoms with E-state index in [2.05, 4.69) is 6.07 Å². The molecular weight excluding hydrogens is 260 g/mol. The fourth-order valence-electron chi connectivity index (χ4n) is 2.93. The molecular formula is C15H19ClN2O. The summed E-state index contributed by atoms with van der Waals surface area (Å²) in [5.41, 5.74) is 7.07. The Hall–Kier alpha value is -1.06. The maximum Gasteiger partial charge on any atom is 0.226 e. The first-order chi connectivity index (χ1) is 9.15. The summed E-state index contributed by atoms with van der Waals surface area (Å²) in [4.78, 5) is 14.4. The standard InChI is InChI=1S/C15H19ClN2O/c16-11-3-1-2-10(8-11)13-9-14(13)15(19)18-6-4-12(17)5-7-18/h1-3,8,12-14H,4-7,9,17H2. The van der Waals surface area contributed by atoms with Crippen LogP contribution in [0, 0.1) is 5.92 Å². The number of piperidine rings is 1. The average Bonchev–Trinajstić information content (AvgIpc) is 3.19. The summed E-state index contributed by atoms with van der Waals surface area (Å²) in [6.07, 6.45) is 2.82. The summed E-state index contributed by atoms with van der Waals surface area (Å²) in [7, 11) is 0. The number of carbonyl (C=O) groups excluding carboxylic acids is 1. The molecule has 2 atom stereocenters. The molecule has 1 aliphatic carbocycles. The molecule has 1 amide bonds. The Morgan fingerprint density at radius 2 is 2.05 bits per heavy atom. The van der Waals surface area contributed by atoms with Gasteiger partial charge in [0.15, 0.2) is 0 Å². The van der Waals surface area contributed by atoms with Gasteiger partial charge in [-0.2, -0.15) is 0 Å². The highest BCUT2D eigenvalue weighted by molar-refractivity contribution is 6.30. The Labute approximate surface area is 118 Å². The van der Waals surface area contributed by atoms with Gasteiger partial charge in [0.05, 0.1) is 0 Å². The molecule has 1 aromatic carbocycles. The number of likely N-dealkylation sites (tertiary alicyclic amines) is 1. The lowest BCUT2D eigenvalue weighted by atomic mass is 10.0. The van der Waals surface area contributed by atoms with Crippen LogP contribution in [-0.2, 0) is 4.79 Å². The molecule has 1 aliphatic heterocycles. The third-order valence-electron chi connectivity index (χ3n) is 4.24. The Kier molecular flexibility index (Phi) is 3.50. The second-order valence-corrected chi connectivity index (χ2v) is 6.10. The largest absolute Gasteiger partial charge is 0.342 e. The van der Waals surface area contributed by atoms with E-state index in [1.807, 2.05) is 23.1 Å². The van der Waals surface area contributed by atoms with E-state index >= 15 is 0 Å². The Balaban J connectivity index is 1.62. The van der Waals surface area contributed by atoms with Crippen LogP contribution in [0.1, 0.15) is 30.7 Å². The Morgan fingerprint density at radius 1 is 1.32 bits per heavy atom. The van der Waals surface area contributed by atoms with Gasteiger partial charge in [0.2, 0.25) is 5.91 Å². The first-order valence-electron chi connectivity index (χ1n) is 6.95. The predicted molar refractivity (Wildman–Crippen MR) is 76.1 cm³/mol. The molecule has 19 heavy (non-hydrogen) atoms. The lowest BCUT2D eigenvalue weighted by Gasteiger charge is -2.30. The van der Waals surface area contributed by atoms with Gasteiger partial charge in [-0.25, -0.2) is 0 Å². The topological polar surface area (TPSA) is 46.3 Å². The molecule has 0 bridgehead atoms. The average molecular weight is 279 g/mol. The van der Waals surface area contributed by atoms with Gasteiger partial charge in [-0.05, 0) is 42.9 Å². The van der Waals surface area contributed by atoms with Crippen molar-refractivity contribution in [1.82, 2.24) is 4.90 Å². The van der Waals surface area contributed by atoms with E-state index in [9.17, 15) is 4.79 Å². The minimum atomic E-state index is 0.160. The number of hydrogen-bond acceptors (Lipinski definition) is 2. The van der Waals surface area contributed by atoms with E-state index < -0.39 is 0 Å². The highest BCUT2D eigenvalue weighted by atomic mass is 35.5. The van der Waals surface area contributed by atoms with Crippen LogP contribution in [-0.4, -0.2) is 29.9 Å². The summed E-state index contributed by atoms with van der Waals surface area (Å²) >= 11 is 6.00. The Bertz CT molecular complexity index is 483. The van der Waals surface area contributed by atoms with E-state index in [0.717, 1.165) is 37.4 Å². The number of amides is 1. The molecule has 3 nitrogen and oxygen atoms in total. The molecule has 0 spiro atoms. The van der Waals surface area contributed by atoms with E-state index in [4.69, 9.17) is 17.3 Å². The predicted octanol–water partition coefficient (Wildman–Crippen LogP) is 2.39. The number of hydrogen-bond donors (Lipinski definition) is 1. The van der Waals surface area contributed by atoms with Crippen molar-refractivity contribution in [3.63, 3.8) is 0 Å². The van der Waals surface area contributed by atoms with Crippen LogP contribution in [0.15, 0.2) is 24.3 Å². The molecule has 102 valence electrons. The van der Waals surface area contributed by atoms with Crippen molar-refractivity contribution in [1.29, 1.82) is 0 Å². The summed E-state index contributed by atoms with van der Waals surface area (Å²) < 4.78 is 0. The Morgan fingerprint density at radius 3 is 2.74 bits per heavy atom. The van der Waals surface area contributed by atoms with Gasteiger partial charge >= 0.3 is 0 Å². The lowest BCUT2D eigenvalue weighted by molar-refractivity contribution is -0.133. The molecule has 1 aromatic rings. The van der Waals surface area contributed by atoms with Crippen molar-refractivity contribution in [2.24, 2.45) is 11.7 Å². The zero-order valence-electron chi connectivity index (χ0n) is 10.9. The first kappa shape index (κ1) is 12.9. The van der Waals surface area contributed by atoms with Crippen LogP contribution < -0.4 is 5.73 Å². The summed E-state index contributed by atoms with van der Waals surface area (Å²) in [6, 6.07) is 8.14. The van der Waals surface area contributed by atoms with Crippen LogP contribution in [0.3, 0.4) is 0 Å². The summed E-state index contributed by atoms with van der Waals surface area (Å²) in [5, 5.41) is 0.750. The van der Waals surface area contributed by atoms with Gasteiger partial charge in [0.25, 0.3) is 0 Å². The maximum absolute atomic E-state index is 12.4. The monoisotopic (exact) mass is 278 g/mol. The van der Waals surface area contributed by atoms with E-state index in [-0.39, 0.29) is 12.0 Å².